The zero-order valence-electron chi connectivity index (χ0n) is 21.0. The number of esters is 1. The molecule has 0 unspecified atom stereocenters. The van der Waals surface area contributed by atoms with Crippen LogP contribution in [0.2, 0.25) is 0 Å². The normalized spacial score (nSPS) is 14.0. The Morgan fingerprint density at radius 2 is 1.75 bits per heavy atom. The molecule has 2 aromatic heterocycles. The van der Waals surface area contributed by atoms with Gasteiger partial charge >= 0.3 is 5.97 Å². The van der Waals surface area contributed by atoms with Crippen molar-refractivity contribution in [1.82, 2.24) is 19.5 Å². The summed E-state index contributed by atoms with van der Waals surface area (Å²) in [5.41, 5.74) is 6.92. The molecule has 8 heteroatoms. The van der Waals surface area contributed by atoms with Gasteiger partial charge in [-0.1, -0.05) is 24.3 Å². The van der Waals surface area contributed by atoms with Gasteiger partial charge in [0.1, 0.15) is 0 Å². The van der Waals surface area contributed by atoms with Gasteiger partial charge in [-0.3, -0.25) is 9.59 Å². The maximum absolute atomic E-state index is 12.6. The molecule has 0 saturated carbocycles. The molecule has 0 spiro atoms. The van der Waals surface area contributed by atoms with Crippen LogP contribution in [-0.4, -0.2) is 64.2 Å². The average molecular weight is 486 g/mol. The van der Waals surface area contributed by atoms with E-state index in [0.29, 0.717) is 19.5 Å². The lowest BCUT2D eigenvalue weighted by molar-refractivity contribution is -0.152. The predicted molar refractivity (Wildman–Crippen MR) is 139 cm³/mol. The van der Waals surface area contributed by atoms with Gasteiger partial charge in [-0.05, 0) is 62.6 Å². The predicted octanol–water partition coefficient (Wildman–Crippen LogP) is 3.63. The largest absolute Gasteiger partial charge is 0.456 e. The quantitative estimate of drug-likeness (QED) is 0.388. The van der Waals surface area contributed by atoms with Crippen LogP contribution < -0.4 is 4.90 Å². The lowest BCUT2D eigenvalue weighted by Crippen LogP contribution is -2.49. The highest BCUT2D eigenvalue weighted by atomic mass is 16.5. The Bertz CT molecular complexity index is 1440. The van der Waals surface area contributed by atoms with E-state index < -0.39 is 0 Å². The van der Waals surface area contributed by atoms with E-state index >= 15 is 0 Å². The Balaban J connectivity index is 1.14. The highest BCUT2D eigenvalue weighted by Crippen LogP contribution is 2.23. The van der Waals surface area contributed by atoms with E-state index in [1.54, 1.807) is 4.90 Å². The number of aromatic nitrogens is 3. The Morgan fingerprint density at radius 1 is 0.972 bits per heavy atom. The lowest BCUT2D eigenvalue weighted by atomic mass is 10.1. The first-order valence-electron chi connectivity index (χ1n) is 12.4. The van der Waals surface area contributed by atoms with Gasteiger partial charge in [0.05, 0.1) is 5.52 Å². The molecule has 0 N–H and O–H groups in total. The number of ether oxygens (including phenoxy) is 1. The molecule has 1 fully saturated rings. The summed E-state index contributed by atoms with van der Waals surface area (Å²) in [7, 11) is 0. The molecule has 36 heavy (non-hydrogen) atoms. The zero-order chi connectivity index (χ0) is 25.2. The molecule has 1 saturated heterocycles. The molecule has 0 radical (unpaired) electrons. The number of benzene rings is 2. The number of anilines is 1. The fourth-order valence-corrected chi connectivity index (χ4v) is 4.91. The van der Waals surface area contributed by atoms with E-state index in [1.165, 1.54) is 11.3 Å². The molecule has 3 heterocycles. The van der Waals surface area contributed by atoms with Gasteiger partial charge < -0.3 is 14.5 Å². The Labute approximate surface area is 210 Å². The van der Waals surface area contributed by atoms with Crippen molar-refractivity contribution in [1.29, 1.82) is 0 Å². The summed E-state index contributed by atoms with van der Waals surface area (Å²) in [5, 5.41) is 5.68. The summed E-state index contributed by atoms with van der Waals surface area (Å²) in [5.74, 6) is -0.530. The van der Waals surface area contributed by atoms with Crippen LogP contribution in [0.3, 0.4) is 0 Å². The fraction of sp³-hybridized carbons (Fsp3) is 0.357. The summed E-state index contributed by atoms with van der Waals surface area (Å²) in [6.07, 6.45) is 0.670. The Hall–Kier alpha value is -3.94. The van der Waals surface area contributed by atoms with Crippen LogP contribution in [-0.2, 0) is 20.7 Å². The number of fused-ring (bicyclic) bond motifs is 3. The van der Waals surface area contributed by atoms with E-state index in [-0.39, 0.29) is 24.9 Å². The van der Waals surface area contributed by atoms with Crippen molar-refractivity contribution in [2.24, 2.45) is 0 Å². The van der Waals surface area contributed by atoms with Crippen molar-refractivity contribution in [3.05, 3.63) is 71.0 Å². The molecule has 4 aromatic rings. The molecule has 1 aliphatic rings. The minimum atomic E-state index is -0.383. The van der Waals surface area contributed by atoms with E-state index in [2.05, 4.69) is 41.2 Å². The second kappa shape index (κ2) is 9.97. The van der Waals surface area contributed by atoms with Crippen molar-refractivity contribution in [3.63, 3.8) is 0 Å². The standard InChI is InChI=1S/C28H31N5O3/c1-19-7-6-8-22(17-19)31-13-15-32(16-14-31)26(34)18-36-27(35)12-11-23-20(2)29-28-24-9-4-5-10-25(24)30-33(28)21(23)3/h4-10,17H,11-16,18H2,1-3H3. The Kier molecular flexibility index (Phi) is 6.59. The minimum Gasteiger partial charge on any atom is -0.456 e. The molecule has 0 atom stereocenters. The molecule has 0 aliphatic carbocycles. The highest BCUT2D eigenvalue weighted by molar-refractivity contribution is 5.92. The number of carbonyl (C=O) groups excluding carboxylic acids is 2. The van der Waals surface area contributed by atoms with Crippen LogP contribution >= 0.6 is 0 Å². The third kappa shape index (κ3) is 4.76. The number of piperazine rings is 1. The van der Waals surface area contributed by atoms with Crippen LogP contribution in [0.25, 0.3) is 16.6 Å². The monoisotopic (exact) mass is 485 g/mol. The summed E-state index contributed by atoms with van der Waals surface area (Å²) in [6.45, 7) is 8.57. The third-order valence-electron chi connectivity index (χ3n) is 6.95. The second-order valence-corrected chi connectivity index (χ2v) is 9.38. The van der Waals surface area contributed by atoms with Crippen LogP contribution in [0.1, 0.15) is 28.9 Å². The molecule has 1 aliphatic heterocycles. The smallest absolute Gasteiger partial charge is 0.306 e. The van der Waals surface area contributed by atoms with E-state index in [4.69, 9.17) is 9.72 Å². The van der Waals surface area contributed by atoms with Gasteiger partial charge in [-0.25, -0.2) is 9.50 Å². The van der Waals surface area contributed by atoms with E-state index in [1.807, 2.05) is 42.6 Å². The van der Waals surface area contributed by atoms with Crippen molar-refractivity contribution in [2.45, 2.75) is 33.6 Å². The van der Waals surface area contributed by atoms with Crippen LogP contribution in [0.15, 0.2) is 48.5 Å². The van der Waals surface area contributed by atoms with Crippen molar-refractivity contribution >= 4 is 34.1 Å². The Morgan fingerprint density at radius 3 is 2.53 bits per heavy atom. The molecule has 0 bridgehead atoms. The number of rotatable bonds is 6. The fourth-order valence-electron chi connectivity index (χ4n) is 4.91. The number of hydrogen-bond donors (Lipinski definition) is 0. The lowest BCUT2D eigenvalue weighted by Gasteiger charge is -2.36. The van der Waals surface area contributed by atoms with Crippen molar-refractivity contribution in [3.8, 4) is 0 Å². The minimum absolute atomic E-state index is 0.147. The molecular weight excluding hydrogens is 454 g/mol. The van der Waals surface area contributed by atoms with Gasteiger partial charge in [0.25, 0.3) is 5.91 Å². The van der Waals surface area contributed by atoms with Gasteiger partial charge in [-0.15, -0.1) is 0 Å². The van der Waals surface area contributed by atoms with Crippen LogP contribution in [0, 0.1) is 20.8 Å². The highest BCUT2D eigenvalue weighted by Gasteiger charge is 2.22. The van der Waals surface area contributed by atoms with E-state index in [0.717, 1.165) is 46.6 Å². The SMILES string of the molecule is Cc1cccc(N2CCN(C(=O)COC(=O)CCc3c(C)nc4c5ccccc5nn4c3C)CC2)c1. The van der Waals surface area contributed by atoms with Gasteiger partial charge in [0.2, 0.25) is 0 Å². The maximum atomic E-state index is 12.6. The molecule has 5 rings (SSSR count). The molecular formula is C28H31N5O3. The third-order valence-corrected chi connectivity index (χ3v) is 6.95. The van der Waals surface area contributed by atoms with Gasteiger partial charge in [0.15, 0.2) is 12.3 Å². The topological polar surface area (TPSA) is 80.0 Å². The number of carbonyl (C=O) groups is 2. The first kappa shape index (κ1) is 23.8. The van der Waals surface area contributed by atoms with Crippen molar-refractivity contribution < 1.29 is 14.3 Å². The second-order valence-electron chi connectivity index (χ2n) is 9.38. The van der Waals surface area contributed by atoms with Crippen LogP contribution in [0.5, 0.6) is 0 Å². The first-order chi connectivity index (χ1) is 17.4. The van der Waals surface area contributed by atoms with Gasteiger partial charge in [0, 0.05) is 55.1 Å². The summed E-state index contributed by atoms with van der Waals surface area (Å²) in [6, 6.07) is 16.3. The molecule has 1 amide bonds. The molecule has 2 aromatic carbocycles. The first-order valence-corrected chi connectivity index (χ1v) is 12.4. The van der Waals surface area contributed by atoms with Crippen LogP contribution in [0.4, 0.5) is 5.69 Å². The van der Waals surface area contributed by atoms with Crippen molar-refractivity contribution in [2.75, 3.05) is 37.7 Å². The summed E-state index contributed by atoms with van der Waals surface area (Å²) < 4.78 is 7.18. The summed E-state index contributed by atoms with van der Waals surface area (Å²) >= 11 is 0. The van der Waals surface area contributed by atoms with Gasteiger partial charge in [-0.2, -0.15) is 5.10 Å². The number of aryl methyl sites for hydroxylation is 3. The molecule has 8 nitrogen and oxygen atoms in total. The molecule has 186 valence electrons. The van der Waals surface area contributed by atoms with E-state index in [9.17, 15) is 9.59 Å². The maximum Gasteiger partial charge on any atom is 0.306 e. The number of hydrogen-bond acceptors (Lipinski definition) is 6. The number of amides is 1. The zero-order valence-corrected chi connectivity index (χ0v) is 21.0. The summed E-state index contributed by atoms with van der Waals surface area (Å²) in [4.78, 5) is 33.9. The average Bonchev–Trinajstić information content (AvgIpc) is 3.26. The number of nitrogens with zero attached hydrogens (tertiary/aromatic N) is 5.